The van der Waals surface area contributed by atoms with Crippen LogP contribution in [-0.2, 0) is 10.0 Å². The van der Waals surface area contributed by atoms with Crippen molar-refractivity contribution >= 4 is 43.7 Å². The zero-order valence-electron chi connectivity index (χ0n) is 10.5. The predicted octanol–water partition coefficient (Wildman–Crippen LogP) is 2.18. The lowest BCUT2D eigenvalue weighted by atomic mass is 10.1. The first kappa shape index (κ1) is 15.8. The molecule has 20 heavy (non-hydrogen) atoms. The first-order valence-corrected chi connectivity index (χ1v) is 9.43. The maximum absolute atomic E-state index is 12.2. The predicted molar refractivity (Wildman–Crippen MR) is 81.7 cm³/mol. The molecule has 1 aromatic rings. The van der Waals surface area contributed by atoms with Crippen LogP contribution in [-0.4, -0.2) is 37.5 Å². The maximum atomic E-state index is 12.2. The molecule has 1 unspecified atom stereocenters. The van der Waals surface area contributed by atoms with Crippen LogP contribution in [0.2, 0.25) is 0 Å². The number of aromatic carboxylic acids is 1. The zero-order chi connectivity index (χ0) is 14.8. The summed E-state index contributed by atoms with van der Waals surface area (Å²) in [6.45, 7) is 0.419. The lowest BCUT2D eigenvalue weighted by Crippen LogP contribution is -2.29. The van der Waals surface area contributed by atoms with Crippen molar-refractivity contribution in [3.63, 3.8) is 0 Å². The van der Waals surface area contributed by atoms with Gasteiger partial charge >= 0.3 is 5.97 Å². The SMILES string of the molecule is O=C(O)c1ccc(S(=O)(=O)NCC2CCSC2)c(Br)c1. The number of rotatable bonds is 5. The average molecular weight is 380 g/mol. The summed E-state index contributed by atoms with van der Waals surface area (Å²) in [4.78, 5) is 10.9. The van der Waals surface area contributed by atoms with Crippen LogP contribution < -0.4 is 4.72 Å². The van der Waals surface area contributed by atoms with Crippen molar-refractivity contribution in [2.45, 2.75) is 11.3 Å². The smallest absolute Gasteiger partial charge is 0.335 e. The monoisotopic (exact) mass is 379 g/mol. The molecule has 8 heteroatoms. The molecule has 1 heterocycles. The average Bonchev–Trinajstić information content (AvgIpc) is 2.89. The fourth-order valence-electron chi connectivity index (χ4n) is 1.90. The second kappa shape index (κ2) is 6.46. The molecule has 0 saturated carbocycles. The maximum Gasteiger partial charge on any atom is 0.335 e. The van der Waals surface area contributed by atoms with Crippen LogP contribution >= 0.6 is 27.7 Å². The van der Waals surface area contributed by atoms with Crippen LogP contribution in [0.3, 0.4) is 0 Å². The van der Waals surface area contributed by atoms with Gasteiger partial charge in [0.25, 0.3) is 0 Å². The molecule has 2 rings (SSSR count). The molecule has 0 aromatic heterocycles. The molecule has 1 aliphatic heterocycles. The lowest BCUT2D eigenvalue weighted by molar-refractivity contribution is 0.0696. The third-order valence-electron chi connectivity index (χ3n) is 3.05. The van der Waals surface area contributed by atoms with Gasteiger partial charge in [0.2, 0.25) is 10.0 Å². The van der Waals surface area contributed by atoms with E-state index in [0.29, 0.717) is 12.5 Å². The standard InChI is InChI=1S/C12H14BrNO4S2/c13-10-5-9(12(15)16)1-2-11(10)20(17,18)14-6-8-3-4-19-7-8/h1-2,5,8,14H,3-4,6-7H2,(H,15,16). The van der Waals surface area contributed by atoms with Gasteiger partial charge in [0.1, 0.15) is 0 Å². The van der Waals surface area contributed by atoms with Crippen LogP contribution in [0.1, 0.15) is 16.8 Å². The molecule has 0 amide bonds. The van der Waals surface area contributed by atoms with Gasteiger partial charge in [0.15, 0.2) is 0 Å². The fraction of sp³-hybridized carbons (Fsp3) is 0.417. The largest absolute Gasteiger partial charge is 0.478 e. The molecule has 0 radical (unpaired) electrons. The molecule has 0 aliphatic carbocycles. The number of carbonyl (C=O) groups is 1. The Morgan fingerprint density at radius 2 is 2.25 bits per heavy atom. The molecule has 1 saturated heterocycles. The van der Waals surface area contributed by atoms with Gasteiger partial charge < -0.3 is 5.11 Å². The van der Waals surface area contributed by atoms with E-state index in [1.54, 1.807) is 0 Å². The van der Waals surface area contributed by atoms with E-state index < -0.39 is 16.0 Å². The van der Waals surface area contributed by atoms with Gasteiger partial charge in [0, 0.05) is 11.0 Å². The molecule has 1 aromatic carbocycles. The highest BCUT2D eigenvalue weighted by molar-refractivity contribution is 9.10. The number of carboxylic acids is 1. The molecule has 110 valence electrons. The molecule has 1 atom stereocenters. The van der Waals surface area contributed by atoms with Crippen molar-refractivity contribution in [2.75, 3.05) is 18.1 Å². The van der Waals surface area contributed by atoms with E-state index in [2.05, 4.69) is 20.7 Å². The Balaban J connectivity index is 2.14. The molecule has 2 N–H and O–H groups in total. The Morgan fingerprint density at radius 3 is 2.80 bits per heavy atom. The Hall–Kier alpha value is -0.570. The number of sulfonamides is 1. The lowest BCUT2D eigenvalue weighted by Gasteiger charge is -2.12. The van der Waals surface area contributed by atoms with Crippen molar-refractivity contribution in [1.82, 2.24) is 4.72 Å². The van der Waals surface area contributed by atoms with E-state index >= 15 is 0 Å². The number of hydrogen-bond donors (Lipinski definition) is 2. The number of thioether (sulfide) groups is 1. The molecule has 5 nitrogen and oxygen atoms in total. The normalized spacial score (nSPS) is 19.1. The van der Waals surface area contributed by atoms with Crippen LogP contribution in [0, 0.1) is 5.92 Å². The van der Waals surface area contributed by atoms with Gasteiger partial charge in [-0.15, -0.1) is 0 Å². The second-order valence-electron chi connectivity index (χ2n) is 4.53. The minimum absolute atomic E-state index is 0.0445. The minimum atomic E-state index is -3.62. The third kappa shape index (κ3) is 3.75. The number of nitrogens with one attached hydrogen (secondary N) is 1. The van der Waals surface area contributed by atoms with Crippen molar-refractivity contribution in [1.29, 1.82) is 0 Å². The highest BCUT2D eigenvalue weighted by atomic mass is 79.9. The first-order chi connectivity index (χ1) is 9.40. The number of halogens is 1. The number of hydrogen-bond acceptors (Lipinski definition) is 4. The van der Waals surface area contributed by atoms with Gasteiger partial charge in [-0.05, 0) is 58.0 Å². The summed E-state index contributed by atoms with van der Waals surface area (Å²) < 4.78 is 27.2. The fourth-order valence-corrected chi connectivity index (χ4v) is 5.38. The van der Waals surface area contributed by atoms with Crippen molar-refractivity contribution in [3.05, 3.63) is 28.2 Å². The van der Waals surface area contributed by atoms with Crippen LogP contribution in [0.25, 0.3) is 0 Å². The van der Waals surface area contributed by atoms with Crippen molar-refractivity contribution in [2.24, 2.45) is 5.92 Å². The molecular formula is C12H14BrNO4S2. The summed E-state index contributed by atoms with van der Waals surface area (Å²) in [5, 5.41) is 8.86. The minimum Gasteiger partial charge on any atom is -0.478 e. The Morgan fingerprint density at radius 1 is 1.50 bits per heavy atom. The summed E-state index contributed by atoms with van der Waals surface area (Å²) in [5.74, 6) is 1.32. The van der Waals surface area contributed by atoms with Crippen LogP contribution in [0.5, 0.6) is 0 Å². The summed E-state index contributed by atoms with van der Waals surface area (Å²) in [7, 11) is -3.62. The Kier molecular flexibility index (Phi) is 5.11. The van der Waals surface area contributed by atoms with Gasteiger partial charge in [-0.2, -0.15) is 11.8 Å². The molecular weight excluding hydrogens is 366 g/mol. The van der Waals surface area contributed by atoms with E-state index in [1.165, 1.54) is 18.2 Å². The topological polar surface area (TPSA) is 83.5 Å². The summed E-state index contributed by atoms with van der Waals surface area (Å²) in [6, 6.07) is 3.88. The van der Waals surface area contributed by atoms with E-state index in [4.69, 9.17) is 5.11 Å². The Labute approximate surface area is 130 Å². The van der Waals surface area contributed by atoms with E-state index in [9.17, 15) is 13.2 Å². The van der Waals surface area contributed by atoms with E-state index in [0.717, 1.165) is 17.9 Å². The first-order valence-electron chi connectivity index (χ1n) is 6.00. The van der Waals surface area contributed by atoms with Crippen LogP contribution in [0.15, 0.2) is 27.6 Å². The van der Waals surface area contributed by atoms with Gasteiger partial charge in [-0.25, -0.2) is 17.9 Å². The van der Waals surface area contributed by atoms with Crippen LogP contribution in [0.4, 0.5) is 0 Å². The molecule has 1 aliphatic rings. The summed E-state index contributed by atoms with van der Waals surface area (Å²) in [5.41, 5.74) is 0.0445. The highest BCUT2D eigenvalue weighted by Gasteiger charge is 2.22. The van der Waals surface area contributed by atoms with Gasteiger partial charge in [-0.3, -0.25) is 0 Å². The summed E-state index contributed by atoms with van der Waals surface area (Å²) >= 11 is 4.95. The molecule has 0 spiro atoms. The third-order valence-corrected chi connectivity index (χ3v) is 6.69. The Bertz CT molecular complexity index is 612. The highest BCUT2D eigenvalue weighted by Crippen LogP contribution is 2.25. The molecule has 1 fully saturated rings. The number of carboxylic acid groups (broad SMARTS) is 1. The van der Waals surface area contributed by atoms with Gasteiger partial charge in [0.05, 0.1) is 10.5 Å². The molecule has 0 bridgehead atoms. The zero-order valence-corrected chi connectivity index (χ0v) is 13.7. The quantitative estimate of drug-likeness (QED) is 0.818. The summed E-state index contributed by atoms with van der Waals surface area (Å²) in [6.07, 6.45) is 1.02. The van der Waals surface area contributed by atoms with Gasteiger partial charge in [-0.1, -0.05) is 0 Å². The van der Waals surface area contributed by atoms with E-state index in [-0.39, 0.29) is 14.9 Å². The van der Waals surface area contributed by atoms with Crippen molar-refractivity contribution < 1.29 is 18.3 Å². The van der Waals surface area contributed by atoms with Crippen molar-refractivity contribution in [3.8, 4) is 0 Å². The van der Waals surface area contributed by atoms with E-state index in [1.807, 2.05) is 11.8 Å². The number of benzene rings is 1. The second-order valence-corrected chi connectivity index (χ2v) is 8.27.